The first-order valence-corrected chi connectivity index (χ1v) is 5.27. The van der Waals surface area contributed by atoms with Crippen molar-refractivity contribution < 1.29 is 4.79 Å². The zero-order valence-corrected chi connectivity index (χ0v) is 9.23. The number of benzene rings is 1. The van der Waals surface area contributed by atoms with E-state index in [0.717, 1.165) is 29.2 Å². The average Bonchev–Trinajstić information content (AvgIpc) is 2.85. The molecule has 2 rings (SSSR count). The Morgan fingerprint density at radius 3 is 2.62 bits per heavy atom. The summed E-state index contributed by atoms with van der Waals surface area (Å²) in [6.07, 6.45) is 2.95. The van der Waals surface area contributed by atoms with Gasteiger partial charge in [0.2, 0.25) is 0 Å². The molecule has 0 spiro atoms. The molecular formula is C10H8BrClO. The molecule has 0 saturated heterocycles. The van der Waals surface area contributed by atoms with Crippen molar-refractivity contribution in [1.82, 2.24) is 0 Å². The van der Waals surface area contributed by atoms with Gasteiger partial charge in [0, 0.05) is 9.50 Å². The monoisotopic (exact) mass is 258 g/mol. The molecule has 0 atom stereocenters. The number of aldehydes is 1. The van der Waals surface area contributed by atoms with Gasteiger partial charge in [-0.2, -0.15) is 0 Å². The highest BCUT2D eigenvalue weighted by molar-refractivity contribution is 9.10. The van der Waals surface area contributed by atoms with Crippen molar-refractivity contribution in [2.45, 2.75) is 18.3 Å². The van der Waals surface area contributed by atoms with Gasteiger partial charge in [0.05, 0.1) is 5.41 Å². The number of halogens is 2. The van der Waals surface area contributed by atoms with Gasteiger partial charge < -0.3 is 4.79 Å². The largest absolute Gasteiger partial charge is 0.302 e. The van der Waals surface area contributed by atoms with Crippen LogP contribution in [-0.4, -0.2) is 6.29 Å². The predicted molar refractivity (Wildman–Crippen MR) is 56.1 cm³/mol. The van der Waals surface area contributed by atoms with Crippen LogP contribution in [0.4, 0.5) is 0 Å². The predicted octanol–water partition coefficient (Wildman–Crippen LogP) is 3.33. The van der Waals surface area contributed by atoms with Gasteiger partial charge in [0.15, 0.2) is 0 Å². The van der Waals surface area contributed by atoms with Crippen molar-refractivity contribution in [3.8, 4) is 0 Å². The Labute approximate surface area is 90.2 Å². The molecular weight excluding hydrogens is 251 g/mol. The van der Waals surface area contributed by atoms with Crippen LogP contribution < -0.4 is 0 Å². The van der Waals surface area contributed by atoms with Crippen LogP contribution in [0, 0.1) is 0 Å². The van der Waals surface area contributed by atoms with Gasteiger partial charge in [-0.1, -0.05) is 33.6 Å². The highest BCUT2D eigenvalue weighted by atomic mass is 79.9. The second-order valence-electron chi connectivity index (χ2n) is 3.40. The van der Waals surface area contributed by atoms with E-state index in [-0.39, 0.29) is 5.41 Å². The topological polar surface area (TPSA) is 17.1 Å². The minimum atomic E-state index is -0.219. The third kappa shape index (κ3) is 1.53. The summed E-state index contributed by atoms with van der Waals surface area (Å²) in [5, 5.41) is 0.692. The fraction of sp³-hybridized carbons (Fsp3) is 0.300. The van der Waals surface area contributed by atoms with Crippen LogP contribution in [0.1, 0.15) is 18.4 Å². The molecule has 13 heavy (non-hydrogen) atoms. The lowest BCUT2D eigenvalue weighted by Gasteiger charge is -2.09. The van der Waals surface area contributed by atoms with E-state index in [9.17, 15) is 4.79 Å². The fourth-order valence-corrected chi connectivity index (χ4v) is 2.56. The molecule has 0 unspecified atom stereocenters. The molecule has 0 N–H and O–H groups in total. The van der Waals surface area contributed by atoms with Gasteiger partial charge in [-0.3, -0.25) is 0 Å². The molecule has 1 aromatic carbocycles. The summed E-state index contributed by atoms with van der Waals surface area (Å²) < 4.78 is 0.935. The number of carbonyl (C=O) groups excluding carboxylic acids is 1. The van der Waals surface area contributed by atoms with E-state index < -0.39 is 0 Å². The van der Waals surface area contributed by atoms with E-state index in [4.69, 9.17) is 11.6 Å². The molecule has 0 amide bonds. The van der Waals surface area contributed by atoms with E-state index in [1.165, 1.54) is 0 Å². The lowest BCUT2D eigenvalue weighted by atomic mass is 9.98. The van der Waals surface area contributed by atoms with Crippen LogP contribution in [0.3, 0.4) is 0 Å². The molecule has 1 aliphatic rings. The molecule has 1 aromatic rings. The van der Waals surface area contributed by atoms with Crippen LogP contribution in [0.15, 0.2) is 22.7 Å². The maximum Gasteiger partial charge on any atom is 0.130 e. The van der Waals surface area contributed by atoms with Gasteiger partial charge in [0.1, 0.15) is 6.29 Å². The maximum absolute atomic E-state index is 10.9. The molecule has 0 radical (unpaired) electrons. The summed E-state index contributed by atoms with van der Waals surface area (Å²) in [7, 11) is 0. The molecule has 1 saturated carbocycles. The number of hydrogen-bond donors (Lipinski definition) is 0. The molecule has 0 aliphatic heterocycles. The summed E-state index contributed by atoms with van der Waals surface area (Å²) in [5.74, 6) is 0. The second kappa shape index (κ2) is 3.10. The van der Waals surface area contributed by atoms with Gasteiger partial charge >= 0.3 is 0 Å². The molecule has 1 nitrogen and oxygen atoms in total. The normalized spacial score (nSPS) is 18.3. The van der Waals surface area contributed by atoms with Crippen molar-refractivity contribution in [2.24, 2.45) is 0 Å². The molecule has 1 aliphatic carbocycles. The number of hydrogen-bond acceptors (Lipinski definition) is 1. The zero-order valence-electron chi connectivity index (χ0n) is 6.89. The molecule has 1 fully saturated rings. The Bertz CT molecular complexity index is 358. The summed E-state index contributed by atoms with van der Waals surface area (Å²) in [6, 6.07) is 5.58. The van der Waals surface area contributed by atoms with Gasteiger partial charge in [-0.25, -0.2) is 0 Å². The molecule has 0 heterocycles. The molecule has 3 heteroatoms. The smallest absolute Gasteiger partial charge is 0.130 e. The Hall–Kier alpha value is -0.340. The Morgan fingerprint density at radius 2 is 2.15 bits per heavy atom. The maximum atomic E-state index is 10.9. The van der Waals surface area contributed by atoms with Crippen LogP contribution in [0.2, 0.25) is 5.02 Å². The number of carbonyl (C=O) groups is 1. The van der Waals surface area contributed by atoms with Crippen LogP contribution >= 0.6 is 27.5 Å². The number of rotatable bonds is 2. The van der Waals surface area contributed by atoms with Crippen LogP contribution in [0.25, 0.3) is 0 Å². The first-order valence-electron chi connectivity index (χ1n) is 4.10. The summed E-state index contributed by atoms with van der Waals surface area (Å²) >= 11 is 9.23. The second-order valence-corrected chi connectivity index (χ2v) is 4.69. The quantitative estimate of drug-likeness (QED) is 0.745. The average molecular weight is 260 g/mol. The lowest BCUT2D eigenvalue weighted by molar-refractivity contribution is -0.109. The van der Waals surface area contributed by atoms with Crippen LogP contribution in [0.5, 0.6) is 0 Å². The van der Waals surface area contributed by atoms with Gasteiger partial charge in [-0.05, 0) is 30.5 Å². The Kier molecular flexibility index (Phi) is 2.20. The zero-order chi connectivity index (χ0) is 9.47. The van der Waals surface area contributed by atoms with E-state index in [2.05, 4.69) is 15.9 Å². The van der Waals surface area contributed by atoms with Gasteiger partial charge in [0.25, 0.3) is 0 Å². The van der Waals surface area contributed by atoms with Crippen molar-refractivity contribution in [3.05, 3.63) is 33.3 Å². The lowest BCUT2D eigenvalue weighted by Crippen LogP contribution is -2.08. The molecule has 0 bridgehead atoms. The van der Waals surface area contributed by atoms with E-state index in [0.29, 0.717) is 5.02 Å². The van der Waals surface area contributed by atoms with Crippen LogP contribution in [-0.2, 0) is 10.2 Å². The van der Waals surface area contributed by atoms with Crippen molar-refractivity contribution >= 4 is 33.8 Å². The fourth-order valence-electron chi connectivity index (χ4n) is 1.48. The third-order valence-electron chi connectivity index (χ3n) is 2.48. The van der Waals surface area contributed by atoms with E-state index in [1.54, 1.807) is 0 Å². The summed E-state index contributed by atoms with van der Waals surface area (Å²) in [5.41, 5.74) is 0.843. The van der Waals surface area contributed by atoms with E-state index in [1.807, 2.05) is 18.2 Å². The van der Waals surface area contributed by atoms with E-state index >= 15 is 0 Å². The summed E-state index contributed by atoms with van der Waals surface area (Å²) in [6.45, 7) is 0. The van der Waals surface area contributed by atoms with Crippen molar-refractivity contribution in [2.75, 3.05) is 0 Å². The standard InChI is InChI=1S/C10H8BrClO/c11-9-5-7(12)1-2-8(9)10(6-13)3-4-10/h1-2,5-6H,3-4H2. The Balaban J connectivity index is 2.47. The summed E-state index contributed by atoms with van der Waals surface area (Å²) in [4.78, 5) is 10.9. The Morgan fingerprint density at radius 1 is 1.46 bits per heavy atom. The first-order chi connectivity index (χ1) is 6.18. The first kappa shape index (κ1) is 9.22. The minimum absolute atomic E-state index is 0.219. The van der Waals surface area contributed by atoms with Crippen molar-refractivity contribution in [3.63, 3.8) is 0 Å². The molecule has 0 aromatic heterocycles. The van der Waals surface area contributed by atoms with Crippen molar-refractivity contribution in [1.29, 1.82) is 0 Å². The highest BCUT2D eigenvalue weighted by Crippen LogP contribution is 2.48. The minimum Gasteiger partial charge on any atom is -0.302 e. The molecule has 68 valence electrons. The third-order valence-corrected chi connectivity index (χ3v) is 3.37. The van der Waals surface area contributed by atoms with Gasteiger partial charge in [-0.15, -0.1) is 0 Å². The SMILES string of the molecule is O=CC1(c2ccc(Cl)cc2Br)CC1. The highest BCUT2D eigenvalue weighted by Gasteiger charge is 2.45.